The number of anilines is 2. The Labute approximate surface area is 164 Å². The topological polar surface area (TPSA) is 81.1 Å². The largest absolute Gasteiger partial charge is 0.454 e. The number of quaternary nitrogens is 1. The first-order valence-electron chi connectivity index (χ1n) is 8.72. The average Bonchev–Trinajstić information content (AvgIpc) is 3.15. The molecule has 0 fully saturated rings. The number of ether oxygens (including phenoxy) is 2. The highest BCUT2D eigenvalue weighted by molar-refractivity contribution is 5.95. The molecular formula is C19H19F3N3O4+. The lowest BCUT2D eigenvalue weighted by Crippen LogP contribution is -3.14. The van der Waals surface area contributed by atoms with Crippen molar-refractivity contribution in [1.29, 1.82) is 0 Å². The molecule has 7 nitrogen and oxygen atoms in total. The monoisotopic (exact) mass is 410 g/mol. The van der Waals surface area contributed by atoms with Crippen molar-refractivity contribution in [2.45, 2.75) is 13.0 Å². The van der Waals surface area contributed by atoms with E-state index < -0.39 is 35.1 Å². The predicted molar refractivity (Wildman–Crippen MR) is 97.4 cm³/mol. The molecule has 29 heavy (non-hydrogen) atoms. The van der Waals surface area contributed by atoms with Gasteiger partial charge in [-0.2, -0.15) is 0 Å². The third kappa shape index (κ3) is 4.60. The summed E-state index contributed by atoms with van der Waals surface area (Å²) >= 11 is 0. The summed E-state index contributed by atoms with van der Waals surface area (Å²) in [6.07, 6.45) is 0. The lowest BCUT2D eigenvalue weighted by Gasteiger charge is -2.20. The number of carbonyl (C=O) groups excluding carboxylic acids is 2. The number of nitrogens with one attached hydrogen (secondary N) is 3. The minimum absolute atomic E-state index is 0.115. The fourth-order valence-electron chi connectivity index (χ4n) is 2.67. The highest BCUT2D eigenvalue weighted by atomic mass is 19.2. The van der Waals surface area contributed by atoms with Gasteiger partial charge in [0.2, 0.25) is 6.79 Å². The summed E-state index contributed by atoms with van der Waals surface area (Å²) in [4.78, 5) is 25.1. The van der Waals surface area contributed by atoms with Crippen molar-refractivity contribution in [2.75, 3.05) is 31.0 Å². The number of fused-ring (bicyclic) bond motifs is 1. The van der Waals surface area contributed by atoms with Crippen molar-refractivity contribution >= 4 is 23.2 Å². The van der Waals surface area contributed by atoms with Gasteiger partial charge in [0.25, 0.3) is 11.8 Å². The van der Waals surface area contributed by atoms with Crippen LogP contribution >= 0.6 is 0 Å². The first-order valence-corrected chi connectivity index (χ1v) is 8.72. The maximum absolute atomic E-state index is 13.7. The molecule has 1 unspecified atom stereocenters. The Hall–Kier alpha value is -3.27. The first-order chi connectivity index (χ1) is 13.8. The average molecular weight is 410 g/mol. The van der Waals surface area contributed by atoms with Crippen molar-refractivity contribution in [3.8, 4) is 11.5 Å². The summed E-state index contributed by atoms with van der Waals surface area (Å²) in [5, 5.41) is 4.90. The van der Waals surface area contributed by atoms with Crippen LogP contribution in [0, 0.1) is 17.5 Å². The number of benzene rings is 2. The predicted octanol–water partition coefficient (Wildman–Crippen LogP) is 1.31. The highest BCUT2D eigenvalue weighted by Gasteiger charge is 2.25. The van der Waals surface area contributed by atoms with Gasteiger partial charge in [0.05, 0.1) is 12.7 Å². The highest BCUT2D eigenvalue weighted by Crippen LogP contribution is 2.34. The number of hydrogen-bond donors (Lipinski definition) is 3. The Balaban J connectivity index is 1.56. The molecule has 0 spiro atoms. The van der Waals surface area contributed by atoms with Gasteiger partial charge in [0.15, 0.2) is 41.5 Å². The zero-order valence-electron chi connectivity index (χ0n) is 15.6. The van der Waals surface area contributed by atoms with E-state index in [1.807, 2.05) is 0 Å². The van der Waals surface area contributed by atoms with Gasteiger partial charge in [0.1, 0.15) is 0 Å². The summed E-state index contributed by atoms with van der Waals surface area (Å²) in [5.41, 5.74) is 0.0337. The van der Waals surface area contributed by atoms with E-state index >= 15 is 0 Å². The fourth-order valence-corrected chi connectivity index (χ4v) is 2.67. The van der Waals surface area contributed by atoms with Crippen LogP contribution in [0.1, 0.15) is 6.92 Å². The van der Waals surface area contributed by atoms with Crippen LogP contribution in [-0.4, -0.2) is 38.2 Å². The number of hydrogen-bond acceptors (Lipinski definition) is 4. The Morgan fingerprint density at radius 2 is 1.79 bits per heavy atom. The molecule has 0 saturated heterocycles. The number of amides is 2. The molecule has 1 aliphatic rings. The third-order valence-corrected chi connectivity index (χ3v) is 4.52. The zero-order chi connectivity index (χ0) is 21.1. The maximum atomic E-state index is 13.7. The SMILES string of the molecule is C[C@H](C(=O)Nc1ccc2c(c1)OCO2)[NH+](C)CC(=O)Nc1ccc(F)c(F)c1F. The van der Waals surface area contributed by atoms with Crippen molar-refractivity contribution in [1.82, 2.24) is 0 Å². The fraction of sp³-hybridized carbons (Fsp3) is 0.263. The van der Waals surface area contributed by atoms with Crippen LogP contribution in [0.4, 0.5) is 24.5 Å². The van der Waals surface area contributed by atoms with E-state index in [0.717, 1.165) is 6.07 Å². The maximum Gasteiger partial charge on any atom is 0.282 e. The van der Waals surface area contributed by atoms with Crippen LogP contribution in [0.25, 0.3) is 0 Å². The Kier molecular flexibility index (Phi) is 5.92. The second kappa shape index (κ2) is 8.39. The standard InChI is InChI=1S/C19H18F3N3O4/c1-10(19(27)23-11-3-6-14-15(7-11)29-9-28-14)25(2)8-16(26)24-13-5-4-12(20)17(21)18(13)22/h3-7,10H,8-9H2,1-2H3,(H,23,27)(H,24,26)/p+1/t10-/m1/s1. The minimum atomic E-state index is -1.67. The minimum Gasteiger partial charge on any atom is -0.454 e. The molecule has 1 heterocycles. The van der Waals surface area contributed by atoms with Crippen molar-refractivity contribution in [3.05, 3.63) is 47.8 Å². The molecule has 3 rings (SSSR count). The second-order valence-corrected chi connectivity index (χ2v) is 6.57. The van der Waals surface area contributed by atoms with E-state index in [9.17, 15) is 22.8 Å². The van der Waals surface area contributed by atoms with Gasteiger partial charge < -0.3 is 25.0 Å². The summed E-state index contributed by atoms with van der Waals surface area (Å²) in [6, 6.07) is 5.96. The molecule has 0 saturated carbocycles. The smallest absolute Gasteiger partial charge is 0.282 e. The van der Waals surface area contributed by atoms with Gasteiger partial charge in [-0.25, -0.2) is 13.2 Å². The summed E-state index contributed by atoms with van der Waals surface area (Å²) in [5.74, 6) is -4.41. The molecule has 154 valence electrons. The molecule has 0 bridgehead atoms. The normalized spacial score (nSPS) is 14.2. The molecule has 2 aromatic rings. The van der Waals surface area contributed by atoms with E-state index in [2.05, 4.69) is 10.6 Å². The second-order valence-electron chi connectivity index (χ2n) is 6.57. The van der Waals surface area contributed by atoms with Crippen LogP contribution in [-0.2, 0) is 9.59 Å². The molecule has 2 aromatic carbocycles. The van der Waals surface area contributed by atoms with Gasteiger partial charge in [-0.05, 0) is 31.2 Å². The molecule has 1 aliphatic heterocycles. The summed E-state index contributed by atoms with van der Waals surface area (Å²) in [7, 11) is 1.60. The lowest BCUT2D eigenvalue weighted by atomic mass is 10.2. The van der Waals surface area contributed by atoms with E-state index in [1.54, 1.807) is 32.2 Å². The van der Waals surface area contributed by atoms with Crippen molar-refractivity contribution < 1.29 is 37.1 Å². The molecule has 3 N–H and O–H groups in total. The number of rotatable bonds is 6. The van der Waals surface area contributed by atoms with Crippen molar-refractivity contribution in [3.63, 3.8) is 0 Å². The molecule has 2 amide bonds. The van der Waals surface area contributed by atoms with Crippen LogP contribution < -0.4 is 25.0 Å². The van der Waals surface area contributed by atoms with Crippen molar-refractivity contribution in [2.24, 2.45) is 0 Å². The quantitative estimate of drug-likeness (QED) is 0.628. The van der Waals surface area contributed by atoms with E-state index in [0.29, 0.717) is 28.2 Å². The summed E-state index contributed by atoms with van der Waals surface area (Å²) in [6.45, 7) is 1.53. The number of likely N-dealkylation sites (N-methyl/N-ethyl adjacent to an activating group) is 1. The van der Waals surface area contributed by atoms with Gasteiger partial charge in [0, 0.05) is 11.8 Å². The molecule has 0 aliphatic carbocycles. The van der Waals surface area contributed by atoms with Gasteiger partial charge in [-0.15, -0.1) is 0 Å². The molecule has 10 heteroatoms. The summed E-state index contributed by atoms with van der Waals surface area (Å²) < 4.78 is 50.3. The lowest BCUT2D eigenvalue weighted by molar-refractivity contribution is -0.885. The first kappa shape index (κ1) is 20.5. The molecule has 2 atom stereocenters. The van der Waals surface area contributed by atoms with Gasteiger partial charge in [-0.1, -0.05) is 0 Å². The van der Waals surface area contributed by atoms with E-state index in [1.165, 1.54) is 0 Å². The Morgan fingerprint density at radius 3 is 2.55 bits per heavy atom. The zero-order valence-corrected chi connectivity index (χ0v) is 15.6. The van der Waals surface area contributed by atoms with Crippen LogP contribution in [0.5, 0.6) is 11.5 Å². The molecule has 0 aromatic heterocycles. The van der Waals surface area contributed by atoms with Gasteiger partial charge >= 0.3 is 0 Å². The van der Waals surface area contributed by atoms with E-state index in [4.69, 9.17) is 9.47 Å². The Bertz CT molecular complexity index is 955. The Morgan fingerprint density at radius 1 is 1.07 bits per heavy atom. The van der Waals surface area contributed by atoms with Gasteiger partial charge in [-0.3, -0.25) is 9.59 Å². The third-order valence-electron chi connectivity index (χ3n) is 4.52. The molecular weight excluding hydrogens is 391 g/mol. The van der Waals surface area contributed by atoms with Crippen LogP contribution in [0.3, 0.4) is 0 Å². The van der Waals surface area contributed by atoms with Crippen LogP contribution in [0.2, 0.25) is 0 Å². The number of carbonyl (C=O) groups is 2. The van der Waals surface area contributed by atoms with E-state index in [-0.39, 0.29) is 19.2 Å². The number of halogens is 3. The molecule has 0 radical (unpaired) electrons. The van der Waals surface area contributed by atoms with Crippen LogP contribution in [0.15, 0.2) is 30.3 Å².